The maximum Gasteiger partial charge on any atom is 0.254 e. The number of carbonyl (C=O) groups is 1. The molecule has 1 aromatic carbocycles. The van der Waals surface area contributed by atoms with E-state index in [1.54, 1.807) is 24.3 Å². The Morgan fingerprint density at radius 3 is 2.43 bits per heavy atom. The summed E-state index contributed by atoms with van der Waals surface area (Å²) >= 11 is 0. The van der Waals surface area contributed by atoms with Crippen LogP contribution in [0.4, 0.5) is 0 Å². The van der Waals surface area contributed by atoms with Gasteiger partial charge in [0, 0.05) is 30.4 Å². The molecule has 23 heavy (non-hydrogen) atoms. The Hall–Kier alpha value is -1.11. The number of benzene rings is 1. The van der Waals surface area contributed by atoms with Crippen LogP contribution >= 0.6 is 12.4 Å². The third-order valence-electron chi connectivity index (χ3n) is 4.05. The maximum atomic E-state index is 12.7. The van der Waals surface area contributed by atoms with Crippen molar-refractivity contribution in [3.05, 3.63) is 35.4 Å². The number of hydrogen-bond donors (Lipinski definition) is 1. The number of nitrogens with zero attached hydrogens (tertiary/aromatic N) is 1. The van der Waals surface area contributed by atoms with E-state index < -0.39 is 9.84 Å². The second-order valence-corrected chi connectivity index (χ2v) is 8.33. The second-order valence-electron chi connectivity index (χ2n) is 6.19. The van der Waals surface area contributed by atoms with Crippen LogP contribution in [0, 0.1) is 0 Å². The summed E-state index contributed by atoms with van der Waals surface area (Å²) in [5, 5.41) is 0. The van der Waals surface area contributed by atoms with E-state index in [1.807, 2.05) is 11.8 Å². The van der Waals surface area contributed by atoms with Crippen molar-refractivity contribution in [2.75, 3.05) is 12.8 Å². The van der Waals surface area contributed by atoms with Crippen LogP contribution in [-0.4, -0.2) is 44.1 Å². The molecule has 2 unspecified atom stereocenters. The van der Waals surface area contributed by atoms with E-state index in [-0.39, 0.29) is 36.2 Å². The second kappa shape index (κ2) is 8.13. The zero-order valence-electron chi connectivity index (χ0n) is 13.6. The largest absolute Gasteiger partial charge is 0.334 e. The fraction of sp³-hybridized carbons (Fsp3) is 0.562. The van der Waals surface area contributed by atoms with Gasteiger partial charge in [-0.2, -0.15) is 0 Å². The Labute approximate surface area is 144 Å². The molecule has 0 bridgehead atoms. The van der Waals surface area contributed by atoms with Crippen molar-refractivity contribution in [1.29, 1.82) is 0 Å². The summed E-state index contributed by atoms with van der Waals surface area (Å²) in [6, 6.07) is 6.86. The number of rotatable bonds is 4. The van der Waals surface area contributed by atoms with Crippen LogP contribution in [0.5, 0.6) is 0 Å². The fourth-order valence-electron chi connectivity index (χ4n) is 2.97. The first-order valence-corrected chi connectivity index (χ1v) is 9.67. The molecule has 0 aliphatic carbocycles. The predicted octanol–water partition coefficient (Wildman–Crippen LogP) is 1.99. The van der Waals surface area contributed by atoms with Crippen molar-refractivity contribution in [1.82, 2.24) is 4.90 Å². The molecule has 0 aromatic heterocycles. The molecule has 2 N–H and O–H groups in total. The summed E-state index contributed by atoms with van der Waals surface area (Å²) in [4.78, 5) is 14.5. The zero-order chi connectivity index (χ0) is 16.3. The molecule has 1 aromatic rings. The molecular weight excluding hydrogens is 336 g/mol. The van der Waals surface area contributed by atoms with Crippen LogP contribution in [0.15, 0.2) is 24.3 Å². The molecular formula is C16H25ClN2O3S. The minimum Gasteiger partial charge on any atom is -0.334 e. The van der Waals surface area contributed by atoms with Gasteiger partial charge < -0.3 is 10.6 Å². The number of carbonyl (C=O) groups excluding carboxylic acids is 1. The Kier molecular flexibility index (Phi) is 7.04. The van der Waals surface area contributed by atoms with Crippen LogP contribution in [0.3, 0.4) is 0 Å². The third-order valence-corrected chi connectivity index (χ3v) is 4.90. The highest BCUT2D eigenvalue weighted by Crippen LogP contribution is 2.21. The predicted molar refractivity (Wildman–Crippen MR) is 94.6 cm³/mol. The van der Waals surface area contributed by atoms with Crippen LogP contribution in [0.1, 0.15) is 42.1 Å². The van der Waals surface area contributed by atoms with Crippen molar-refractivity contribution >= 4 is 28.2 Å². The maximum absolute atomic E-state index is 12.7. The molecule has 1 fully saturated rings. The average molecular weight is 361 g/mol. The van der Waals surface area contributed by atoms with Crippen molar-refractivity contribution < 1.29 is 13.2 Å². The number of sulfone groups is 1. The summed E-state index contributed by atoms with van der Waals surface area (Å²) in [6.07, 6.45) is 4.24. The first-order chi connectivity index (χ1) is 10.3. The molecule has 7 heteroatoms. The highest BCUT2D eigenvalue weighted by molar-refractivity contribution is 7.89. The van der Waals surface area contributed by atoms with Crippen molar-refractivity contribution in [2.45, 2.75) is 44.0 Å². The zero-order valence-corrected chi connectivity index (χ0v) is 15.2. The molecule has 2 atom stereocenters. The van der Waals surface area contributed by atoms with Crippen molar-refractivity contribution in [3.63, 3.8) is 0 Å². The van der Waals surface area contributed by atoms with Crippen LogP contribution in [0.2, 0.25) is 0 Å². The quantitative estimate of drug-likeness (QED) is 0.890. The van der Waals surface area contributed by atoms with Crippen LogP contribution in [-0.2, 0) is 15.6 Å². The highest BCUT2D eigenvalue weighted by Gasteiger charge is 2.29. The Morgan fingerprint density at radius 2 is 1.91 bits per heavy atom. The molecule has 1 aliphatic rings. The van der Waals surface area contributed by atoms with Crippen LogP contribution in [0.25, 0.3) is 0 Å². The molecule has 0 spiro atoms. The average Bonchev–Trinajstić information content (AvgIpc) is 2.45. The Morgan fingerprint density at radius 1 is 1.30 bits per heavy atom. The lowest BCUT2D eigenvalue weighted by atomic mass is 9.96. The van der Waals surface area contributed by atoms with Gasteiger partial charge in [-0.15, -0.1) is 12.4 Å². The lowest BCUT2D eigenvalue weighted by Crippen LogP contribution is -2.51. The molecule has 2 rings (SSSR count). The molecule has 0 radical (unpaired) electrons. The number of hydrogen-bond acceptors (Lipinski definition) is 4. The molecule has 1 saturated heterocycles. The molecule has 130 valence electrons. The van der Waals surface area contributed by atoms with Gasteiger partial charge in [-0.05, 0) is 43.9 Å². The van der Waals surface area contributed by atoms with Crippen molar-refractivity contribution in [2.24, 2.45) is 5.73 Å². The molecule has 5 nitrogen and oxygen atoms in total. The number of amides is 1. The van der Waals surface area contributed by atoms with Gasteiger partial charge in [-0.25, -0.2) is 8.42 Å². The first kappa shape index (κ1) is 19.9. The SMILES string of the molecule is CC(N)C1CCCCN1C(=O)c1ccc(CS(C)(=O)=O)cc1.Cl. The molecule has 1 amide bonds. The molecule has 0 saturated carbocycles. The third kappa shape index (κ3) is 5.48. The lowest BCUT2D eigenvalue weighted by Gasteiger charge is -2.38. The summed E-state index contributed by atoms with van der Waals surface area (Å²) in [5.74, 6) is -0.0268. The van der Waals surface area contributed by atoms with Gasteiger partial charge in [0.1, 0.15) is 0 Å². The van der Waals surface area contributed by atoms with Crippen LogP contribution < -0.4 is 5.73 Å². The first-order valence-electron chi connectivity index (χ1n) is 7.61. The smallest absolute Gasteiger partial charge is 0.254 e. The fourth-order valence-corrected chi connectivity index (χ4v) is 3.77. The number of piperidine rings is 1. The van der Waals surface area contributed by atoms with Gasteiger partial charge in [-0.3, -0.25) is 4.79 Å². The lowest BCUT2D eigenvalue weighted by molar-refractivity contribution is 0.0584. The van der Waals surface area contributed by atoms with Gasteiger partial charge in [0.2, 0.25) is 0 Å². The van der Waals surface area contributed by atoms with E-state index >= 15 is 0 Å². The van der Waals surface area contributed by atoms with Gasteiger partial charge in [0.15, 0.2) is 9.84 Å². The standard InChI is InChI=1S/C16H24N2O3S.ClH/c1-12(17)15-5-3-4-10-18(15)16(19)14-8-6-13(7-9-14)11-22(2,20)21;/h6-9,12,15H,3-5,10-11,17H2,1-2H3;1H. The molecule has 1 heterocycles. The number of halogens is 1. The van der Waals surface area contributed by atoms with Gasteiger partial charge in [0.25, 0.3) is 5.91 Å². The topological polar surface area (TPSA) is 80.5 Å². The summed E-state index contributed by atoms with van der Waals surface area (Å²) < 4.78 is 22.6. The van der Waals surface area contributed by atoms with E-state index in [9.17, 15) is 13.2 Å². The van der Waals surface area contributed by atoms with E-state index in [0.717, 1.165) is 25.8 Å². The van der Waals surface area contributed by atoms with Gasteiger partial charge in [-0.1, -0.05) is 12.1 Å². The van der Waals surface area contributed by atoms with Gasteiger partial charge in [0.05, 0.1) is 5.75 Å². The summed E-state index contributed by atoms with van der Waals surface area (Å²) in [7, 11) is -3.06. The summed E-state index contributed by atoms with van der Waals surface area (Å²) in [5.41, 5.74) is 7.29. The van der Waals surface area contributed by atoms with E-state index in [0.29, 0.717) is 11.1 Å². The van der Waals surface area contributed by atoms with Gasteiger partial charge >= 0.3 is 0 Å². The normalized spacial score (nSPS) is 19.8. The van der Waals surface area contributed by atoms with E-state index in [2.05, 4.69) is 0 Å². The Bertz CT molecular complexity index is 629. The molecule has 1 aliphatic heterocycles. The number of likely N-dealkylation sites (tertiary alicyclic amines) is 1. The minimum absolute atomic E-state index is 0. The summed E-state index contributed by atoms with van der Waals surface area (Å²) in [6.45, 7) is 2.67. The Balaban J connectivity index is 0.00000264. The minimum atomic E-state index is -3.06. The monoisotopic (exact) mass is 360 g/mol. The highest BCUT2D eigenvalue weighted by atomic mass is 35.5. The number of nitrogens with two attached hydrogens (primary N) is 1. The van der Waals surface area contributed by atoms with E-state index in [1.165, 1.54) is 6.26 Å². The van der Waals surface area contributed by atoms with Crippen molar-refractivity contribution in [3.8, 4) is 0 Å². The van der Waals surface area contributed by atoms with E-state index in [4.69, 9.17) is 5.73 Å².